The summed E-state index contributed by atoms with van der Waals surface area (Å²) in [5.41, 5.74) is 0. The van der Waals surface area contributed by atoms with Crippen molar-refractivity contribution in [2.24, 2.45) is 11.8 Å². The Morgan fingerprint density at radius 3 is 2.38 bits per heavy atom. The highest BCUT2D eigenvalue weighted by Gasteiger charge is 2.15. The van der Waals surface area contributed by atoms with Gasteiger partial charge in [-0.15, -0.1) is 0 Å². The number of methoxy groups -OCH3 is 1. The molecule has 0 aliphatic rings. The molecular formula is C9H20O3S. The molecule has 0 fully saturated rings. The Bertz CT molecular complexity index is 150. The van der Waals surface area contributed by atoms with Gasteiger partial charge in [-0.1, -0.05) is 20.3 Å². The van der Waals surface area contributed by atoms with Gasteiger partial charge in [0, 0.05) is 20.0 Å². The summed E-state index contributed by atoms with van der Waals surface area (Å²) in [5, 5.41) is 0. The highest BCUT2D eigenvalue weighted by atomic mass is 32.2. The molecule has 0 bridgehead atoms. The lowest BCUT2D eigenvalue weighted by Gasteiger charge is -2.20. The maximum absolute atomic E-state index is 10.7. The molecule has 0 aliphatic heterocycles. The fraction of sp³-hybridized carbons (Fsp3) is 1.00. The van der Waals surface area contributed by atoms with E-state index in [1.807, 2.05) is 0 Å². The van der Waals surface area contributed by atoms with E-state index in [2.05, 4.69) is 13.8 Å². The third-order valence-electron chi connectivity index (χ3n) is 2.21. The first-order chi connectivity index (χ1) is 6.11. The predicted molar refractivity (Wildman–Crippen MR) is 54.8 cm³/mol. The van der Waals surface area contributed by atoms with Crippen LogP contribution in [0.15, 0.2) is 0 Å². The largest absolute Gasteiger partial charge is 0.384 e. The zero-order valence-corrected chi connectivity index (χ0v) is 9.73. The lowest BCUT2D eigenvalue weighted by molar-refractivity contribution is 0.104. The molecule has 0 rings (SSSR count). The lowest BCUT2D eigenvalue weighted by atomic mass is 9.93. The van der Waals surface area contributed by atoms with E-state index in [-0.39, 0.29) is 0 Å². The Labute approximate surface area is 83.5 Å². The quantitative estimate of drug-likeness (QED) is 0.637. The van der Waals surface area contributed by atoms with Crippen LogP contribution >= 0.6 is 0 Å². The van der Waals surface area contributed by atoms with E-state index in [1.54, 1.807) is 13.4 Å². The van der Waals surface area contributed by atoms with E-state index in [4.69, 9.17) is 8.92 Å². The number of rotatable bonds is 7. The van der Waals surface area contributed by atoms with Crippen molar-refractivity contribution in [1.29, 1.82) is 0 Å². The summed E-state index contributed by atoms with van der Waals surface area (Å²) < 4.78 is 20.8. The normalized spacial score (nSPS) is 18.2. The first-order valence-corrected chi connectivity index (χ1v) is 6.05. The van der Waals surface area contributed by atoms with Crippen LogP contribution in [-0.4, -0.2) is 30.8 Å². The smallest absolute Gasteiger partial charge is 0.152 e. The van der Waals surface area contributed by atoms with Crippen LogP contribution in [0.2, 0.25) is 0 Å². The van der Waals surface area contributed by atoms with Gasteiger partial charge in [-0.2, -0.15) is 0 Å². The average Bonchev–Trinajstić information content (AvgIpc) is 2.10. The van der Waals surface area contributed by atoms with Crippen LogP contribution in [0.3, 0.4) is 0 Å². The van der Waals surface area contributed by atoms with Crippen molar-refractivity contribution in [3.05, 3.63) is 0 Å². The van der Waals surface area contributed by atoms with Crippen molar-refractivity contribution in [2.45, 2.75) is 20.3 Å². The molecule has 3 atom stereocenters. The van der Waals surface area contributed by atoms with Crippen LogP contribution in [-0.2, 0) is 20.0 Å². The molecule has 0 radical (unpaired) electrons. The summed E-state index contributed by atoms with van der Waals surface area (Å²) in [6, 6.07) is 0. The third-order valence-corrected chi connectivity index (χ3v) is 2.67. The van der Waals surface area contributed by atoms with Gasteiger partial charge in [-0.25, -0.2) is 4.21 Å². The van der Waals surface area contributed by atoms with E-state index in [1.165, 1.54) is 0 Å². The van der Waals surface area contributed by atoms with Gasteiger partial charge >= 0.3 is 0 Å². The molecule has 3 nitrogen and oxygen atoms in total. The van der Waals surface area contributed by atoms with E-state index in [0.29, 0.717) is 18.4 Å². The minimum absolute atomic E-state index is 0.397. The van der Waals surface area contributed by atoms with Crippen molar-refractivity contribution < 1.29 is 13.1 Å². The summed E-state index contributed by atoms with van der Waals surface area (Å²) in [6.07, 6.45) is 2.61. The van der Waals surface area contributed by atoms with Crippen LogP contribution in [0.5, 0.6) is 0 Å². The lowest BCUT2D eigenvalue weighted by Crippen LogP contribution is -2.21. The van der Waals surface area contributed by atoms with E-state index < -0.39 is 11.1 Å². The Kier molecular flexibility index (Phi) is 7.51. The first-order valence-electron chi connectivity index (χ1n) is 4.57. The van der Waals surface area contributed by atoms with Gasteiger partial charge in [0.05, 0.1) is 6.61 Å². The zero-order chi connectivity index (χ0) is 10.3. The zero-order valence-electron chi connectivity index (χ0n) is 8.91. The maximum atomic E-state index is 10.7. The van der Waals surface area contributed by atoms with Crippen molar-refractivity contribution in [2.75, 3.05) is 26.6 Å². The summed E-state index contributed by atoms with van der Waals surface area (Å²) in [5.74, 6) is 0.891. The molecule has 0 spiro atoms. The van der Waals surface area contributed by atoms with Gasteiger partial charge in [0.25, 0.3) is 0 Å². The summed E-state index contributed by atoms with van der Waals surface area (Å²) in [7, 11) is 1.70. The fourth-order valence-corrected chi connectivity index (χ4v) is 1.64. The molecule has 3 unspecified atom stereocenters. The summed E-state index contributed by atoms with van der Waals surface area (Å²) in [6.45, 7) is 5.52. The molecule has 0 heterocycles. The number of hydrogen-bond acceptors (Lipinski definition) is 3. The molecule has 0 aliphatic carbocycles. The maximum Gasteiger partial charge on any atom is 0.152 e. The predicted octanol–water partition coefficient (Wildman–Crippen LogP) is 1.61. The summed E-state index contributed by atoms with van der Waals surface area (Å²) >= 11 is -1.15. The molecule has 13 heavy (non-hydrogen) atoms. The molecule has 0 N–H and O–H groups in total. The second-order valence-corrected chi connectivity index (χ2v) is 4.33. The second-order valence-electron chi connectivity index (χ2n) is 3.29. The van der Waals surface area contributed by atoms with Crippen LogP contribution < -0.4 is 0 Å². The van der Waals surface area contributed by atoms with Crippen molar-refractivity contribution in [1.82, 2.24) is 0 Å². The number of hydrogen-bond donors (Lipinski definition) is 0. The van der Waals surface area contributed by atoms with E-state index in [0.717, 1.165) is 13.0 Å². The Balaban J connectivity index is 3.76. The van der Waals surface area contributed by atoms with Crippen LogP contribution in [0.25, 0.3) is 0 Å². The van der Waals surface area contributed by atoms with Gasteiger partial charge in [0.2, 0.25) is 0 Å². The Hall–Kier alpha value is 0.0700. The van der Waals surface area contributed by atoms with Crippen molar-refractivity contribution in [3.8, 4) is 0 Å². The minimum Gasteiger partial charge on any atom is -0.384 e. The molecule has 0 amide bonds. The van der Waals surface area contributed by atoms with Gasteiger partial charge in [-0.3, -0.25) is 4.18 Å². The SMILES string of the molecule is CCC(COC)C(C)COS(C)=O. The van der Waals surface area contributed by atoms with Gasteiger partial charge in [0.1, 0.15) is 0 Å². The number of ether oxygens (including phenoxy) is 1. The highest BCUT2D eigenvalue weighted by Crippen LogP contribution is 2.16. The van der Waals surface area contributed by atoms with Gasteiger partial charge in [-0.05, 0) is 11.8 Å². The van der Waals surface area contributed by atoms with Crippen LogP contribution in [0, 0.1) is 11.8 Å². The standard InChI is InChI=1S/C9H20O3S/c1-5-9(7-11-3)8(2)6-12-13(4)10/h8-9H,5-7H2,1-4H3. The van der Waals surface area contributed by atoms with Gasteiger partial charge in [0.15, 0.2) is 11.1 Å². The average molecular weight is 208 g/mol. The molecule has 0 saturated carbocycles. The topological polar surface area (TPSA) is 35.5 Å². The van der Waals surface area contributed by atoms with Crippen LogP contribution in [0.4, 0.5) is 0 Å². The first kappa shape index (κ1) is 13.1. The second kappa shape index (κ2) is 7.47. The molecule has 0 aromatic rings. The monoisotopic (exact) mass is 208 g/mol. The third kappa shape index (κ3) is 6.18. The molecule has 80 valence electrons. The van der Waals surface area contributed by atoms with E-state index >= 15 is 0 Å². The molecular weight excluding hydrogens is 188 g/mol. The molecule has 0 aromatic carbocycles. The Morgan fingerprint density at radius 1 is 1.38 bits per heavy atom. The minimum atomic E-state index is -1.15. The van der Waals surface area contributed by atoms with E-state index in [9.17, 15) is 4.21 Å². The van der Waals surface area contributed by atoms with Gasteiger partial charge < -0.3 is 4.74 Å². The Morgan fingerprint density at radius 2 is 2.00 bits per heavy atom. The van der Waals surface area contributed by atoms with Crippen molar-refractivity contribution in [3.63, 3.8) is 0 Å². The summed E-state index contributed by atoms with van der Waals surface area (Å²) in [4.78, 5) is 0. The van der Waals surface area contributed by atoms with Crippen LogP contribution in [0.1, 0.15) is 20.3 Å². The highest BCUT2D eigenvalue weighted by molar-refractivity contribution is 7.79. The molecule has 0 saturated heterocycles. The molecule has 0 aromatic heterocycles. The fourth-order valence-electron chi connectivity index (χ4n) is 1.24. The van der Waals surface area contributed by atoms with Crippen molar-refractivity contribution >= 4 is 11.1 Å². The molecule has 4 heteroatoms.